The van der Waals surface area contributed by atoms with Crippen molar-refractivity contribution in [2.45, 2.75) is 38.5 Å². The average molecular weight is 278 g/mol. The molecule has 0 amide bonds. The van der Waals surface area contributed by atoms with Crippen molar-refractivity contribution in [3.63, 3.8) is 0 Å². The van der Waals surface area contributed by atoms with E-state index in [1.54, 1.807) is 0 Å². The van der Waals surface area contributed by atoms with Gasteiger partial charge in [0.25, 0.3) is 0 Å². The Morgan fingerprint density at radius 3 is 2.80 bits per heavy atom. The molecule has 0 spiro atoms. The van der Waals surface area contributed by atoms with Crippen LogP contribution in [0.25, 0.3) is 0 Å². The van der Waals surface area contributed by atoms with E-state index >= 15 is 0 Å². The summed E-state index contributed by atoms with van der Waals surface area (Å²) in [5.74, 6) is -0.156. The van der Waals surface area contributed by atoms with E-state index in [9.17, 15) is 4.79 Å². The minimum atomic E-state index is -0.179. The Bertz CT molecular complexity index is 403. The van der Waals surface area contributed by atoms with Crippen molar-refractivity contribution < 1.29 is 14.4 Å². The molecule has 1 aromatic rings. The number of hydroxylamine groups is 1. The van der Waals surface area contributed by atoms with Gasteiger partial charge in [0.1, 0.15) is 6.04 Å². The van der Waals surface area contributed by atoms with Crippen LogP contribution in [0.5, 0.6) is 0 Å². The molecule has 1 heterocycles. The highest BCUT2D eigenvalue weighted by Crippen LogP contribution is 2.10. The van der Waals surface area contributed by atoms with E-state index in [0.29, 0.717) is 19.8 Å². The van der Waals surface area contributed by atoms with Gasteiger partial charge < -0.3 is 10.1 Å². The number of rotatable bonds is 6. The zero-order chi connectivity index (χ0) is 14.2. The molecule has 0 radical (unpaired) electrons. The lowest BCUT2D eigenvalue weighted by atomic mass is 10.0. The van der Waals surface area contributed by atoms with Gasteiger partial charge in [0.15, 0.2) is 0 Å². The van der Waals surface area contributed by atoms with E-state index in [0.717, 1.165) is 18.4 Å². The van der Waals surface area contributed by atoms with Gasteiger partial charge in [-0.2, -0.15) is 5.48 Å². The Labute approximate surface area is 119 Å². The number of ether oxygens (including phenoxy) is 1. The minimum Gasteiger partial charge on any atom is -0.465 e. The van der Waals surface area contributed by atoms with Crippen molar-refractivity contribution >= 4 is 5.97 Å². The maximum atomic E-state index is 11.6. The van der Waals surface area contributed by atoms with Crippen LogP contribution in [0.15, 0.2) is 30.3 Å². The molecular weight excluding hydrogens is 256 g/mol. The summed E-state index contributed by atoms with van der Waals surface area (Å²) in [4.78, 5) is 17.1. The smallest absolute Gasteiger partial charge is 0.323 e. The van der Waals surface area contributed by atoms with Gasteiger partial charge in [-0.1, -0.05) is 30.3 Å². The lowest BCUT2D eigenvalue weighted by molar-refractivity contribution is -0.146. The molecule has 2 atom stereocenters. The van der Waals surface area contributed by atoms with Crippen LogP contribution in [0.3, 0.4) is 0 Å². The van der Waals surface area contributed by atoms with Crippen LogP contribution in [0.4, 0.5) is 0 Å². The van der Waals surface area contributed by atoms with E-state index in [2.05, 4.69) is 10.8 Å². The number of piperidine rings is 1. The maximum absolute atomic E-state index is 11.6. The standard InChI is InChI=1S/C15H22N2O3/c1-2-19-15(18)14-9-8-13(10-16-14)17-20-11-12-6-4-3-5-7-12/h3-7,13-14,16-17H,2,8-11H2,1H3/t13-,14?/m1/s1. The van der Waals surface area contributed by atoms with Crippen molar-refractivity contribution in [3.05, 3.63) is 35.9 Å². The third kappa shape index (κ3) is 4.59. The number of esters is 1. The third-order valence-electron chi connectivity index (χ3n) is 3.32. The van der Waals surface area contributed by atoms with Gasteiger partial charge in [-0.25, -0.2) is 0 Å². The number of hydrogen-bond donors (Lipinski definition) is 2. The fourth-order valence-electron chi connectivity index (χ4n) is 2.22. The van der Waals surface area contributed by atoms with E-state index in [-0.39, 0.29) is 18.1 Å². The fourth-order valence-corrected chi connectivity index (χ4v) is 2.22. The van der Waals surface area contributed by atoms with E-state index < -0.39 is 0 Å². The van der Waals surface area contributed by atoms with Gasteiger partial charge in [-0.15, -0.1) is 0 Å². The van der Waals surface area contributed by atoms with Gasteiger partial charge in [-0.05, 0) is 25.3 Å². The largest absolute Gasteiger partial charge is 0.465 e. The lowest BCUT2D eigenvalue weighted by Gasteiger charge is -2.28. The van der Waals surface area contributed by atoms with Crippen molar-refractivity contribution in [1.29, 1.82) is 0 Å². The molecule has 2 N–H and O–H groups in total. The van der Waals surface area contributed by atoms with Crippen LogP contribution in [0.1, 0.15) is 25.3 Å². The molecule has 0 saturated carbocycles. The van der Waals surface area contributed by atoms with Gasteiger partial charge >= 0.3 is 5.97 Å². The van der Waals surface area contributed by atoms with Crippen LogP contribution in [0, 0.1) is 0 Å². The first kappa shape index (κ1) is 15.0. The number of nitrogens with one attached hydrogen (secondary N) is 2. The zero-order valence-corrected chi connectivity index (χ0v) is 11.8. The molecule has 1 aliphatic rings. The molecule has 2 rings (SSSR count). The average Bonchev–Trinajstić information content (AvgIpc) is 2.49. The highest BCUT2D eigenvalue weighted by atomic mass is 16.6. The van der Waals surface area contributed by atoms with Gasteiger partial charge in [0, 0.05) is 12.6 Å². The normalized spacial score (nSPS) is 22.4. The molecule has 1 unspecified atom stereocenters. The molecular formula is C15H22N2O3. The van der Waals surface area contributed by atoms with Crippen molar-refractivity contribution in [2.24, 2.45) is 0 Å². The van der Waals surface area contributed by atoms with Gasteiger partial charge in [-0.3, -0.25) is 9.63 Å². The summed E-state index contributed by atoms with van der Waals surface area (Å²) in [6.45, 7) is 3.50. The molecule has 0 aromatic heterocycles. The molecule has 5 nitrogen and oxygen atoms in total. The monoisotopic (exact) mass is 278 g/mol. The summed E-state index contributed by atoms with van der Waals surface area (Å²) in [5, 5.41) is 3.19. The number of benzene rings is 1. The summed E-state index contributed by atoms with van der Waals surface area (Å²) >= 11 is 0. The molecule has 1 aromatic carbocycles. The SMILES string of the molecule is CCOC(=O)C1CC[C@@H](NOCc2ccccc2)CN1. The summed E-state index contributed by atoms with van der Waals surface area (Å²) < 4.78 is 5.00. The summed E-state index contributed by atoms with van der Waals surface area (Å²) in [6, 6.07) is 10.1. The molecule has 1 saturated heterocycles. The van der Waals surface area contributed by atoms with Crippen molar-refractivity contribution in [3.8, 4) is 0 Å². The minimum absolute atomic E-state index is 0.156. The Morgan fingerprint density at radius 2 is 2.15 bits per heavy atom. The Kier molecular flexibility index (Phi) is 5.98. The predicted octanol–water partition coefficient (Wildman–Crippen LogP) is 1.39. The van der Waals surface area contributed by atoms with Gasteiger partial charge in [0.05, 0.1) is 13.2 Å². The molecule has 1 fully saturated rings. The van der Waals surface area contributed by atoms with Crippen LogP contribution in [-0.4, -0.2) is 31.2 Å². The fraction of sp³-hybridized carbons (Fsp3) is 0.533. The maximum Gasteiger partial charge on any atom is 0.323 e. The first-order valence-corrected chi connectivity index (χ1v) is 7.11. The second-order valence-electron chi connectivity index (χ2n) is 4.88. The molecule has 0 bridgehead atoms. The molecule has 0 aliphatic carbocycles. The molecule has 5 heteroatoms. The second kappa shape index (κ2) is 7.99. The predicted molar refractivity (Wildman–Crippen MR) is 75.8 cm³/mol. The first-order chi connectivity index (χ1) is 9.79. The van der Waals surface area contributed by atoms with Crippen LogP contribution >= 0.6 is 0 Å². The number of carbonyl (C=O) groups is 1. The Morgan fingerprint density at radius 1 is 1.35 bits per heavy atom. The second-order valence-corrected chi connectivity index (χ2v) is 4.88. The van der Waals surface area contributed by atoms with E-state index in [1.807, 2.05) is 37.3 Å². The Balaban J connectivity index is 1.63. The van der Waals surface area contributed by atoms with Gasteiger partial charge in [0.2, 0.25) is 0 Å². The highest BCUT2D eigenvalue weighted by Gasteiger charge is 2.26. The molecule has 1 aliphatic heterocycles. The molecule has 20 heavy (non-hydrogen) atoms. The van der Waals surface area contributed by atoms with Crippen LogP contribution < -0.4 is 10.8 Å². The van der Waals surface area contributed by atoms with E-state index in [4.69, 9.17) is 9.57 Å². The number of carbonyl (C=O) groups excluding carboxylic acids is 1. The highest BCUT2D eigenvalue weighted by molar-refractivity contribution is 5.75. The zero-order valence-electron chi connectivity index (χ0n) is 11.8. The van der Waals surface area contributed by atoms with Crippen LogP contribution in [-0.2, 0) is 21.0 Å². The summed E-state index contributed by atoms with van der Waals surface area (Å²) in [5.41, 5.74) is 4.18. The molecule has 110 valence electrons. The van der Waals surface area contributed by atoms with Crippen molar-refractivity contribution in [1.82, 2.24) is 10.8 Å². The van der Waals surface area contributed by atoms with E-state index in [1.165, 1.54) is 0 Å². The quantitative estimate of drug-likeness (QED) is 0.608. The first-order valence-electron chi connectivity index (χ1n) is 7.11. The number of hydrogen-bond acceptors (Lipinski definition) is 5. The third-order valence-corrected chi connectivity index (χ3v) is 3.32. The Hall–Kier alpha value is -1.43. The summed E-state index contributed by atoms with van der Waals surface area (Å²) in [7, 11) is 0. The van der Waals surface area contributed by atoms with Crippen LogP contribution in [0.2, 0.25) is 0 Å². The summed E-state index contributed by atoms with van der Waals surface area (Å²) in [6.07, 6.45) is 1.66. The van der Waals surface area contributed by atoms with Crippen molar-refractivity contribution in [2.75, 3.05) is 13.2 Å². The lowest BCUT2D eigenvalue weighted by Crippen LogP contribution is -2.51. The topological polar surface area (TPSA) is 59.6 Å².